The van der Waals surface area contributed by atoms with Gasteiger partial charge in [0, 0.05) is 13.5 Å². The standard InChI is InChI=1S/C10H22N2O2/c1-9(13)11-7-5-3-4-6-8-12-10(2)14/h9,11,13H,3-8H2,1-2H3,(H,12,14). The second kappa shape index (κ2) is 8.97. The zero-order valence-corrected chi connectivity index (χ0v) is 9.18. The van der Waals surface area contributed by atoms with E-state index in [1.807, 2.05) is 0 Å². The highest BCUT2D eigenvalue weighted by atomic mass is 16.3. The summed E-state index contributed by atoms with van der Waals surface area (Å²) in [6.45, 7) is 4.89. The minimum Gasteiger partial charge on any atom is -0.379 e. The Bertz CT molecular complexity index is 149. The van der Waals surface area contributed by atoms with Crippen LogP contribution in [0.3, 0.4) is 0 Å². The number of amides is 1. The van der Waals surface area contributed by atoms with E-state index in [-0.39, 0.29) is 5.91 Å². The fraction of sp³-hybridized carbons (Fsp3) is 0.900. The lowest BCUT2D eigenvalue weighted by molar-refractivity contribution is -0.118. The average molecular weight is 202 g/mol. The van der Waals surface area contributed by atoms with Crippen molar-refractivity contribution < 1.29 is 9.90 Å². The zero-order valence-electron chi connectivity index (χ0n) is 9.18. The predicted octanol–water partition coefficient (Wildman–Crippen LogP) is 0.611. The number of aliphatic hydroxyl groups excluding tert-OH is 1. The lowest BCUT2D eigenvalue weighted by atomic mass is 10.2. The Balaban J connectivity index is 2.96. The molecule has 0 rings (SSSR count). The quantitative estimate of drug-likeness (QED) is 0.399. The fourth-order valence-corrected chi connectivity index (χ4v) is 1.18. The number of rotatable bonds is 8. The van der Waals surface area contributed by atoms with Crippen molar-refractivity contribution in [1.29, 1.82) is 0 Å². The molecule has 0 saturated heterocycles. The zero-order chi connectivity index (χ0) is 10.8. The molecular weight excluding hydrogens is 180 g/mol. The number of unbranched alkanes of at least 4 members (excludes halogenated alkanes) is 3. The monoisotopic (exact) mass is 202 g/mol. The molecule has 0 aromatic rings. The van der Waals surface area contributed by atoms with Gasteiger partial charge in [0.15, 0.2) is 0 Å². The Morgan fingerprint density at radius 1 is 1.21 bits per heavy atom. The molecule has 0 radical (unpaired) electrons. The van der Waals surface area contributed by atoms with Gasteiger partial charge in [-0.2, -0.15) is 0 Å². The molecule has 0 spiro atoms. The maximum atomic E-state index is 10.5. The summed E-state index contributed by atoms with van der Waals surface area (Å²) in [5, 5.41) is 14.6. The molecule has 4 heteroatoms. The minimum atomic E-state index is -0.408. The number of hydrogen-bond acceptors (Lipinski definition) is 3. The highest BCUT2D eigenvalue weighted by molar-refractivity contribution is 5.72. The molecule has 1 unspecified atom stereocenters. The first-order valence-electron chi connectivity index (χ1n) is 5.29. The van der Waals surface area contributed by atoms with Crippen molar-refractivity contribution in [2.24, 2.45) is 0 Å². The van der Waals surface area contributed by atoms with Gasteiger partial charge in [-0.3, -0.25) is 10.1 Å². The van der Waals surface area contributed by atoms with E-state index in [9.17, 15) is 4.79 Å². The van der Waals surface area contributed by atoms with Crippen LogP contribution < -0.4 is 10.6 Å². The van der Waals surface area contributed by atoms with E-state index < -0.39 is 6.23 Å². The molecular formula is C10H22N2O2. The molecule has 0 aliphatic heterocycles. The number of nitrogens with one attached hydrogen (secondary N) is 2. The van der Waals surface area contributed by atoms with Crippen LogP contribution >= 0.6 is 0 Å². The molecule has 0 heterocycles. The first-order valence-corrected chi connectivity index (χ1v) is 5.29. The smallest absolute Gasteiger partial charge is 0.216 e. The SMILES string of the molecule is CC(=O)NCCCCCCNC(C)O. The second-order valence-electron chi connectivity index (χ2n) is 3.53. The molecule has 0 aromatic heterocycles. The Kier molecular flexibility index (Phi) is 8.57. The molecule has 4 nitrogen and oxygen atoms in total. The van der Waals surface area contributed by atoms with Crippen molar-refractivity contribution in [1.82, 2.24) is 10.6 Å². The third-order valence-corrected chi connectivity index (χ3v) is 1.92. The van der Waals surface area contributed by atoms with Gasteiger partial charge in [0.1, 0.15) is 6.23 Å². The molecule has 0 bridgehead atoms. The van der Waals surface area contributed by atoms with Gasteiger partial charge in [-0.05, 0) is 26.3 Å². The molecule has 1 amide bonds. The van der Waals surface area contributed by atoms with Gasteiger partial charge in [0.05, 0.1) is 0 Å². The van der Waals surface area contributed by atoms with Crippen LogP contribution in [-0.4, -0.2) is 30.3 Å². The van der Waals surface area contributed by atoms with Crippen LogP contribution in [0.1, 0.15) is 39.5 Å². The topological polar surface area (TPSA) is 61.4 Å². The third-order valence-electron chi connectivity index (χ3n) is 1.92. The third kappa shape index (κ3) is 11.4. The van der Waals surface area contributed by atoms with Crippen molar-refractivity contribution in [2.75, 3.05) is 13.1 Å². The van der Waals surface area contributed by atoms with Gasteiger partial charge in [-0.25, -0.2) is 0 Å². The molecule has 0 saturated carbocycles. The Labute approximate surface area is 86.1 Å². The van der Waals surface area contributed by atoms with Crippen LogP contribution in [0.5, 0.6) is 0 Å². The van der Waals surface area contributed by atoms with Crippen molar-refractivity contribution in [2.45, 2.75) is 45.8 Å². The summed E-state index contributed by atoms with van der Waals surface area (Å²) in [5.74, 6) is 0.0424. The van der Waals surface area contributed by atoms with Crippen LogP contribution in [-0.2, 0) is 4.79 Å². The number of carbonyl (C=O) groups is 1. The van der Waals surface area contributed by atoms with E-state index in [0.29, 0.717) is 0 Å². The summed E-state index contributed by atoms with van der Waals surface area (Å²) in [6.07, 6.45) is 3.97. The highest BCUT2D eigenvalue weighted by Crippen LogP contribution is 1.97. The van der Waals surface area contributed by atoms with Crippen molar-refractivity contribution >= 4 is 5.91 Å². The van der Waals surface area contributed by atoms with Gasteiger partial charge in [-0.1, -0.05) is 12.8 Å². The van der Waals surface area contributed by atoms with E-state index in [1.165, 1.54) is 6.92 Å². The average Bonchev–Trinajstić information content (AvgIpc) is 2.08. The second-order valence-corrected chi connectivity index (χ2v) is 3.53. The lowest BCUT2D eigenvalue weighted by Gasteiger charge is -2.06. The molecule has 14 heavy (non-hydrogen) atoms. The molecule has 1 atom stereocenters. The van der Waals surface area contributed by atoms with E-state index in [4.69, 9.17) is 5.11 Å². The molecule has 3 N–H and O–H groups in total. The summed E-state index contributed by atoms with van der Waals surface area (Å²) in [6, 6.07) is 0. The number of carbonyl (C=O) groups excluding carboxylic acids is 1. The highest BCUT2D eigenvalue weighted by Gasteiger charge is 1.94. The van der Waals surface area contributed by atoms with E-state index in [0.717, 1.165) is 38.8 Å². The fourth-order valence-electron chi connectivity index (χ4n) is 1.18. The molecule has 0 aliphatic rings. The van der Waals surface area contributed by atoms with Gasteiger partial charge in [0.25, 0.3) is 0 Å². The van der Waals surface area contributed by atoms with E-state index >= 15 is 0 Å². The molecule has 0 aromatic carbocycles. The summed E-state index contributed by atoms with van der Waals surface area (Å²) in [7, 11) is 0. The summed E-state index contributed by atoms with van der Waals surface area (Å²) in [5.41, 5.74) is 0. The van der Waals surface area contributed by atoms with Crippen LogP contribution in [0.2, 0.25) is 0 Å². The van der Waals surface area contributed by atoms with Crippen molar-refractivity contribution in [3.05, 3.63) is 0 Å². The molecule has 84 valence electrons. The number of hydrogen-bond donors (Lipinski definition) is 3. The van der Waals surface area contributed by atoms with Gasteiger partial charge in [-0.15, -0.1) is 0 Å². The van der Waals surface area contributed by atoms with Crippen molar-refractivity contribution in [3.8, 4) is 0 Å². The van der Waals surface area contributed by atoms with Crippen molar-refractivity contribution in [3.63, 3.8) is 0 Å². The summed E-state index contributed by atoms with van der Waals surface area (Å²) >= 11 is 0. The molecule has 0 fully saturated rings. The first kappa shape index (κ1) is 13.4. The Hall–Kier alpha value is -0.610. The predicted molar refractivity (Wildman–Crippen MR) is 56.8 cm³/mol. The largest absolute Gasteiger partial charge is 0.379 e. The van der Waals surface area contributed by atoms with Gasteiger partial charge >= 0.3 is 0 Å². The Morgan fingerprint density at radius 3 is 2.29 bits per heavy atom. The van der Waals surface area contributed by atoms with E-state index in [2.05, 4.69) is 10.6 Å². The first-order chi connectivity index (χ1) is 6.63. The summed E-state index contributed by atoms with van der Waals surface area (Å²) < 4.78 is 0. The summed E-state index contributed by atoms with van der Waals surface area (Å²) in [4.78, 5) is 10.5. The van der Waals surface area contributed by atoms with Crippen LogP contribution in [0, 0.1) is 0 Å². The Morgan fingerprint density at radius 2 is 1.79 bits per heavy atom. The maximum Gasteiger partial charge on any atom is 0.216 e. The normalized spacial score (nSPS) is 12.5. The van der Waals surface area contributed by atoms with Gasteiger partial charge < -0.3 is 10.4 Å². The van der Waals surface area contributed by atoms with Crippen LogP contribution in [0.25, 0.3) is 0 Å². The van der Waals surface area contributed by atoms with Gasteiger partial charge in [0.2, 0.25) is 5.91 Å². The number of aliphatic hydroxyl groups is 1. The maximum absolute atomic E-state index is 10.5. The van der Waals surface area contributed by atoms with E-state index in [1.54, 1.807) is 6.92 Å². The van der Waals surface area contributed by atoms with Crippen LogP contribution in [0.4, 0.5) is 0 Å². The molecule has 0 aliphatic carbocycles. The van der Waals surface area contributed by atoms with Crippen LogP contribution in [0.15, 0.2) is 0 Å². The minimum absolute atomic E-state index is 0.0424. The lowest BCUT2D eigenvalue weighted by Crippen LogP contribution is -2.26.